The Hall–Kier alpha value is -0.870. The van der Waals surface area contributed by atoms with Gasteiger partial charge >= 0.3 is 0 Å². The van der Waals surface area contributed by atoms with E-state index in [1.54, 1.807) is 6.20 Å². The minimum absolute atomic E-state index is 0.0312. The molecule has 4 nitrogen and oxygen atoms in total. The molecule has 1 aliphatic heterocycles. The summed E-state index contributed by atoms with van der Waals surface area (Å²) < 4.78 is 2.05. The number of aromatic nitrogens is 2. The van der Waals surface area contributed by atoms with Crippen molar-refractivity contribution in [3.05, 3.63) is 18.2 Å². The fourth-order valence-corrected chi connectivity index (χ4v) is 2.09. The Morgan fingerprint density at radius 2 is 2.50 bits per heavy atom. The summed E-state index contributed by atoms with van der Waals surface area (Å²) in [5.74, 6) is 0.769. The second-order valence-corrected chi connectivity index (χ2v) is 3.93. The van der Waals surface area contributed by atoms with Gasteiger partial charge in [0, 0.05) is 25.0 Å². The minimum atomic E-state index is 0.0312. The third-order valence-corrected chi connectivity index (χ3v) is 3.02. The second-order valence-electron chi connectivity index (χ2n) is 3.93. The van der Waals surface area contributed by atoms with E-state index in [1.165, 1.54) is 19.4 Å². The molecule has 1 N–H and O–H groups in total. The number of aliphatic hydroxyl groups excluding tert-OH is 1. The van der Waals surface area contributed by atoms with Gasteiger partial charge in [-0.05, 0) is 26.4 Å². The lowest BCUT2D eigenvalue weighted by Crippen LogP contribution is -2.29. The van der Waals surface area contributed by atoms with Gasteiger partial charge in [0.05, 0.1) is 0 Å². The maximum absolute atomic E-state index is 9.05. The second kappa shape index (κ2) is 4.11. The van der Waals surface area contributed by atoms with Crippen LogP contribution in [0.2, 0.25) is 0 Å². The Morgan fingerprint density at radius 3 is 3.14 bits per heavy atom. The van der Waals surface area contributed by atoms with Crippen molar-refractivity contribution in [3.8, 4) is 0 Å². The van der Waals surface area contributed by atoms with E-state index in [4.69, 9.17) is 5.11 Å². The number of hydrogen-bond donors (Lipinski definition) is 1. The highest BCUT2D eigenvalue weighted by molar-refractivity contribution is 4.92. The predicted molar refractivity (Wildman–Crippen MR) is 53.8 cm³/mol. The molecule has 0 saturated carbocycles. The highest BCUT2D eigenvalue weighted by atomic mass is 16.3. The number of hydrogen-bond acceptors (Lipinski definition) is 3. The van der Waals surface area contributed by atoms with Crippen molar-refractivity contribution in [3.63, 3.8) is 0 Å². The summed E-state index contributed by atoms with van der Waals surface area (Å²) in [6.07, 6.45) is 6.22. The van der Waals surface area contributed by atoms with Crippen LogP contribution in [0, 0.1) is 0 Å². The average Bonchev–Trinajstić information content (AvgIpc) is 2.77. The highest BCUT2D eigenvalue weighted by Crippen LogP contribution is 2.16. The molecule has 0 bridgehead atoms. The van der Waals surface area contributed by atoms with Crippen LogP contribution in [0.25, 0.3) is 0 Å². The number of aliphatic hydroxyl groups is 1. The Morgan fingerprint density at radius 1 is 1.64 bits per heavy atom. The zero-order valence-corrected chi connectivity index (χ0v) is 8.56. The van der Waals surface area contributed by atoms with Gasteiger partial charge in [0.1, 0.15) is 12.4 Å². The summed E-state index contributed by atoms with van der Waals surface area (Å²) in [5, 5.41) is 9.05. The molecular formula is C10H17N3O. The van der Waals surface area contributed by atoms with E-state index >= 15 is 0 Å². The van der Waals surface area contributed by atoms with Crippen molar-refractivity contribution in [1.29, 1.82) is 0 Å². The summed E-state index contributed by atoms with van der Waals surface area (Å²) in [6.45, 7) is 2.17. The molecule has 1 aliphatic rings. The molecule has 1 atom stereocenters. The van der Waals surface area contributed by atoms with Crippen molar-refractivity contribution < 1.29 is 5.11 Å². The first kappa shape index (κ1) is 9.68. The summed E-state index contributed by atoms with van der Waals surface area (Å²) in [7, 11) is 2.16. The molecule has 14 heavy (non-hydrogen) atoms. The first-order valence-corrected chi connectivity index (χ1v) is 5.12. The Kier molecular flexibility index (Phi) is 2.84. The van der Waals surface area contributed by atoms with Gasteiger partial charge in [-0.25, -0.2) is 4.98 Å². The molecule has 0 radical (unpaired) electrons. The van der Waals surface area contributed by atoms with Gasteiger partial charge in [0.25, 0.3) is 0 Å². The van der Waals surface area contributed by atoms with E-state index in [1.807, 2.05) is 10.8 Å². The molecule has 1 unspecified atom stereocenters. The van der Waals surface area contributed by atoms with Crippen LogP contribution in [0.5, 0.6) is 0 Å². The maximum Gasteiger partial charge on any atom is 0.134 e. The molecule has 2 heterocycles. The average molecular weight is 195 g/mol. The van der Waals surface area contributed by atoms with Gasteiger partial charge in [0.2, 0.25) is 0 Å². The van der Waals surface area contributed by atoms with Crippen molar-refractivity contribution in [2.75, 3.05) is 13.6 Å². The van der Waals surface area contributed by atoms with Gasteiger partial charge in [-0.1, -0.05) is 0 Å². The largest absolute Gasteiger partial charge is 0.388 e. The molecule has 0 amide bonds. The van der Waals surface area contributed by atoms with Gasteiger partial charge in [-0.2, -0.15) is 0 Å². The lowest BCUT2D eigenvalue weighted by molar-refractivity contribution is 0.247. The molecule has 1 aromatic rings. The quantitative estimate of drug-likeness (QED) is 0.762. The fourth-order valence-electron chi connectivity index (χ4n) is 2.09. The van der Waals surface area contributed by atoms with Crippen LogP contribution in [0.3, 0.4) is 0 Å². The third-order valence-electron chi connectivity index (χ3n) is 3.02. The van der Waals surface area contributed by atoms with Crippen LogP contribution < -0.4 is 0 Å². The molecule has 0 aromatic carbocycles. The number of imidazole rings is 1. The predicted octanol–water partition coefficient (Wildman–Crippen LogP) is 0.470. The van der Waals surface area contributed by atoms with Gasteiger partial charge < -0.3 is 14.6 Å². The molecule has 78 valence electrons. The Bertz CT molecular complexity index is 297. The van der Waals surface area contributed by atoms with Gasteiger partial charge in [-0.3, -0.25) is 0 Å². The first-order chi connectivity index (χ1) is 6.81. The molecule has 0 spiro atoms. The first-order valence-electron chi connectivity index (χ1n) is 5.12. The maximum atomic E-state index is 9.05. The van der Waals surface area contributed by atoms with Crippen LogP contribution in [-0.4, -0.2) is 39.2 Å². The van der Waals surface area contributed by atoms with Crippen molar-refractivity contribution in [1.82, 2.24) is 14.5 Å². The topological polar surface area (TPSA) is 41.3 Å². The van der Waals surface area contributed by atoms with E-state index in [0.717, 1.165) is 12.4 Å². The van der Waals surface area contributed by atoms with E-state index in [9.17, 15) is 0 Å². The third kappa shape index (κ3) is 1.81. The molecule has 0 aliphatic carbocycles. The smallest absolute Gasteiger partial charge is 0.134 e. The van der Waals surface area contributed by atoms with Crippen molar-refractivity contribution >= 4 is 0 Å². The SMILES string of the molecule is CN1CCCC1Cn1ccnc1CO. The fraction of sp³-hybridized carbons (Fsp3) is 0.700. The summed E-state index contributed by atoms with van der Waals surface area (Å²) in [6, 6.07) is 0.606. The number of likely N-dealkylation sites (tertiary alicyclic amines) is 1. The highest BCUT2D eigenvalue weighted by Gasteiger charge is 2.21. The van der Waals surface area contributed by atoms with E-state index in [2.05, 4.69) is 16.9 Å². The lowest BCUT2D eigenvalue weighted by Gasteiger charge is -2.20. The zero-order valence-electron chi connectivity index (χ0n) is 8.56. The molecule has 1 aromatic heterocycles. The van der Waals surface area contributed by atoms with Gasteiger partial charge in [-0.15, -0.1) is 0 Å². The lowest BCUT2D eigenvalue weighted by atomic mass is 10.2. The van der Waals surface area contributed by atoms with Gasteiger partial charge in [0.15, 0.2) is 0 Å². The molecule has 1 fully saturated rings. The molecular weight excluding hydrogens is 178 g/mol. The molecule has 4 heteroatoms. The number of rotatable bonds is 3. The molecule has 1 saturated heterocycles. The van der Waals surface area contributed by atoms with Crippen LogP contribution in [0.15, 0.2) is 12.4 Å². The van der Waals surface area contributed by atoms with E-state index in [0.29, 0.717) is 6.04 Å². The van der Waals surface area contributed by atoms with Crippen LogP contribution in [0.1, 0.15) is 18.7 Å². The van der Waals surface area contributed by atoms with Crippen molar-refractivity contribution in [2.45, 2.75) is 32.0 Å². The Labute approximate surface area is 84.2 Å². The Balaban J connectivity index is 2.02. The summed E-state index contributed by atoms with van der Waals surface area (Å²) in [4.78, 5) is 6.47. The van der Waals surface area contributed by atoms with Crippen molar-refractivity contribution in [2.24, 2.45) is 0 Å². The van der Waals surface area contributed by atoms with Crippen LogP contribution in [0.4, 0.5) is 0 Å². The standard InChI is InChI=1S/C10H17N3O/c1-12-5-2-3-9(12)7-13-6-4-11-10(13)8-14/h4,6,9,14H,2-3,5,7-8H2,1H3. The minimum Gasteiger partial charge on any atom is -0.388 e. The summed E-state index contributed by atoms with van der Waals surface area (Å²) in [5.41, 5.74) is 0. The zero-order chi connectivity index (χ0) is 9.97. The van der Waals surface area contributed by atoms with E-state index in [-0.39, 0.29) is 6.61 Å². The normalized spacial score (nSPS) is 23.1. The monoisotopic (exact) mass is 195 g/mol. The number of likely N-dealkylation sites (N-methyl/N-ethyl adjacent to an activating group) is 1. The van der Waals surface area contributed by atoms with Crippen LogP contribution >= 0.6 is 0 Å². The summed E-state index contributed by atoms with van der Waals surface area (Å²) >= 11 is 0. The number of nitrogens with zero attached hydrogens (tertiary/aromatic N) is 3. The van der Waals surface area contributed by atoms with E-state index < -0.39 is 0 Å². The van der Waals surface area contributed by atoms with Crippen LogP contribution in [-0.2, 0) is 13.2 Å². The molecule has 2 rings (SSSR count).